The Morgan fingerprint density at radius 2 is 2.19 bits per heavy atom. The second kappa shape index (κ2) is 4.73. The van der Waals surface area contributed by atoms with E-state index in [1.165, 1.54) is 23.9 Å². The molecule has 2 aliphatic rings. The molecule has 3 atom stereocenters. The Labute approximate surface area is 130 Å². The lowest BCUT2D eigenvalue weighted by atomic mass is 9.68. The third kappa shape index (κ3) is 2.10. The molecular formula is C16H24ClN3O. The smallest absolute Gasteiger partial charge is 0.287 e. The zero-order valence-electron chi connectivity index (χ0n) is 13.2. The number of aryl methyl sites for hydroxylation is 1. The number of hydrogen-bond acceptors (Lipinski definition) is 3. The van der Waals surface area contributed by atoms with Crippen LogP contribution in [0.5, 0.6) is 0 Å². The summed E-state index contributed by atoms with van der Waals surface area (Å²) >= 11 is 6.26. The predicted octanol–water partition coefficient (Wildman–Crippen LogP) is 3.54. The maximum absolute atomic E-state index is 12.1. The summed E-state index contributed by atoms with van der Waals surface area (Å²) in [5, 5.41) is 8.00. The highest BCUT2D eigenvalue weighted by atomic mass is 35.5. The van der Waals surface area contributed by atoms with Crippen LogP contribution in [-0.2, 0) is 6.54 Å². The Morgan fingerprint density at radius 1 is 1.48 bits per heavy atom. The van der Waals surface area contributed by atoms with Crippen LogP contribution in [0.2, 0.25) is 5.02 Å². The van der Waals surface area contributed by atoms with Gasteiger partial charge in [0.2, 0.25) is 0 Å². The first-order chi connectivity index (χ1) is 9.79. The van der Waals surface area contributed by atoms with Crippen LogP contribution in [0, 0.1) is 16.7 Å². The van der Waals surface area contributed by atoms with Gasteiger partial charge >= 0.3 is 0 Å². The van der Waals surface area contributed by atoms with Crippen molar-refractivity contribution in [1.82, 2.24) is 9.78 Å². The van der Waals surface area contributed by atoms with E-state index >= 15 is 0 Å². The molecule has 2 bridgehead atoms. The molecule has 0 radical (unpaired) electrons. The molecule has 4 nitrogen and oxygen atoms in total. The minimum Gasteiger partial charge on any atom is -0.379 e. The van der Waals surface area contributed by atoms with E-state index in [-0.39, 0.29) is 21.4 Å². The minimum atomic E-state index is -0.213. The van der Waals surface area contributed by atoms with Crippen molar-refractivity contribution >= 4 is 17.3 Å². The normalized spacial score (nSPS) is 33.4. The van der Waals surface area contributed by atoms with Crippen LogP contribution in [0.4, 0.5) is 5.69 Å². The summed E-state index contributed by atoms with van der Waals surface area (Å²) in [4.78, 5) is 12.1. The third-order valence-electron chi connectivity index (χ3n) is 5.85. The fourth-order valence-electron chi connectivity index (χ4n) is 4.61. The quantitative estimate of drug-likeness (QED) is 0.929. The zero-order valence-corrected chi connectivity index (χ0v) is 14.0. The fourth-order valence-corrected chi connectivity index (χ4v) is 4.81. The Bertz CT molecular complexity index is 620. The van der Waals surface area contributed by atoms with Crippen LogP contribution in [0.1, 0.15) is 47.0 Å². The van der Waals surface area contributed by atoms with Gasteiger partial charge in [0.15, 0.2) is 0 Å². The SMILES string of the molecule is CCn1ncc(NC2C3(C)CCC(C3)C2(C)C)c(Cl)c1=O. The van der Waals surface area contributed by atoms with Crippen LogP contribution in [0.15, 0.2) is 11.0 Å². The highest BCUT2D eigenvalue weighted by Crippen LogP contribution is 2.63. The lowest BCUT2D eigenvalue weighted by Gasteiger charge is -2.43. The van der Waals surface area contributed by atoms with Gasteiger partial charge in [0.05, 0.1) is 11.9 Å². The van der Waals surface area contributed by atoms with E-state index in [9.17, 15) is 4.79 Å². The summed E-state index contributed by atoms with van der Waals surface area (Å²) in [6, 6.07) is 0.333. The highest BCUT2D eigenvalue weighted by Gasteiger charge is 2.59. The number of fused-ring (bicyclic) bond motifs is 2. The first-order valence-electron chi connectivity index (χ1n) is 7.82. The van der Waals surface area contributed by atoms with Gasteiger partial charge in [-0.1, -0.05) is 32.4 Å². The topological polar surface area (TPSA) is 46.9 Å². The number of rotatable bonds is 3. The average molecular weight is 310 g/mol. The summed E-state index contributed by atoms with van der Waals surface area (Å²) in [5.74, 6) is 0.753. The molecule has 0 aliphatic heterocycles. The molecule has 3 rings (SSSR count). The molecule has 1 heterocycles. The molecule has 2 fully saturated rings. The summed E-state index contributed by atoms with van der Waals surface area (Å²) in [5.41, 5.74) is 0.973. The Balaban J connectivity index is 1.94. The number of nitrogens with one attached hydrogen (secondary N) is 1. The van der Waals surface area contributed by atoms with E-state index in [1.54, 1.807) is 6.20 Å². The van der Waals surface area contributed by atoms with Crippen molar-refractivity contribution in [3.8, 4) is 0 Å². The molecule has 1 N–H and O–H groups in total. The molecule has 1 aromatic heterocycles. The number of anilines is 1. The highest BCUT2D eigenvalue weighted by molar-refractivity contribution is 6.32. The minimum absolute atomic E-state index is 0.213. The van der Waals surface area contributed by atoms with E-state index in [0.717, 1.165) is 5.92 Å². The summed E-state index contributed by atoms with van der Waals surface area (Å²) < 4.78 is 1.39. The van der Waals surface area contributed by atoms with Crippen molar-refractivity contribution in [3.63, 3.8) is 0 Å². The first-order valence-corrected chi connectivity index (χ1v) is 8.19. The average Bonchev–Trinajstić information content (AvgIpc) is 2.90. The van der Waals surface area contributed by atoms with Crippen LogP contribution in [0.3, 0.4) is 0 Å². The molecule has 2 saturated carbocycles. The maximum atomic E-state index is 12.1. The van der Waals surface area contributed by atoms with Gasteiger partial charge in [-0.05, 0) is 42.9 Å². The summed E-state index contributed by atoms with van der Waals surface area (Å²) in [6.45, 7) is 9.43. The summed E-state index contributed by atoms with van der Waals surface area (Å²) in [6.07, 6.45) is 5.51. The van der Waals surface area contributed by atoms with Gasteiger partial charge in [-0.2, -0.15) is 5.10 Å². The molecule has 2 aliphatic carbocycles. The van der Waals surface area contributed by atoms with Crippen molar-refractivity contribution in [3.05, 3.63) is 21.6 Å². The van der Waals surface area contributed by atoms with Crippen molar-refractivity contribution in [1.29, 1.82) is 0 Å². The van der Waals surface area contributed by atoms with Gasteiger partial charge in [-0.3, -0.25) is 4.79 Å². The molecular weight excluding hydrogens is 286 g/mol. The second-order valence-electron chi connectivity index (χ2n) is 7.49. The molecule has 0 saturated heterocycles. The largest absolute Gasteiger partial charge is 0.379 e. The number of halogens is 1. The first kappa shape index (κ1) is 14.9. The maximum Gasteiger partial charge on any atom is 0.287 e. The third-order valence-corrected chi connectivity index (χ3v) is 6.22. The van der Waals surface area contributed by atoms with Gasteiger partial charge in [0.25, 0.3) is 5.56 Å². The van der Waals surface area contributed by atoms with E-state index in [1.807, 2.05) is 6.92 Å². The van der Waals surface area contributed by atoms with Crippen molar-refractivity contribution in [2.75, 3.05) is 5.32 Å². The van der Waals surface area contributed by atoms with Gasteiger partial charge in [0, 0.05) is 12.6 Å². The van der Waals surface area contributed by atoms with Crippen LogP contribution >= 0.6 is 11.6 Å². The molecule has 0 spiro atoms. The van der Waals surface area contributed by atoms with Crippen molar-refractivity contribution in [2.24, 2.45) is 16.7 Å². The van der Waals surface area contributed by atoms with E-state index in [4.69, 9.17) is 11.6 Å². The van der Waals surface area contributed by atoms with Crippen molar-refractivity contribution < 1.29 is 0 Å². The van der Waals surface area contributed by atoms with E-state index in [0.29, 0.717) is 18.3 Å². The van der Waals surface area contributed by atoms with Crippen LogP contribution < -0.4 is 10.9 Å². The van der Waals surface area contributed by atoms with E-state index < -0.39 is 0 Å². The number of nitrogens with zero attached hydrogens (tertiary/aromatic N) is 2. The predicted molar refractivity (Wildman–Crippen MR) is 85.8 cm³/mol. The zero-order chi connectivity index (χ0) is 15.4. The molecule has 3 unspecified atom stereocenters. The van der Waals surface area contributed by atoms with Gasteiger partial charge in [-0.25, -0.2) is 4.68 Å². The Morgan fingerprint density at radius 3 is 2.76 bits per heavy atom. The molecule has 1 aromatic rings. The van der Waals surface area contributed by atoms with Gasteiger partial charge in [0.1, 0.15) is 5.02 Å². The molecule has 0 aromatic carbocycles. The number of hydrogen-bond donors (Lipinski definition) is 1. The van der Waals surface area contributed by atoms with Crippen LogP contribution in [0.25, 0.3) is 0 Å². The second-order valence-corrected chi connectivity index (χ2v) is 7.86. The Hall–Kier alpha value is -1.03. The molecule has 0 amide bonds. The summed E-state index contributed by atoms with van der Waals surface area (Å²) in [7, 11) is 0. The van der Waals surface area contributed by atoms with Crippen molar-refractivity contribution in [2.45, 2.75) is 59.5 Å². The van der Waals surface area contributed by atoms with Crippen LogP contribution in [-0.4, -0.2) is 15.8 Å². The standard InChI is InChI=1S/C16H24ClN3O/c1-5-20-13(21)12(17)11(9-18-20)19-14-15(2,3)10-6-7-16(14,4)8-10/h9-10,14,19H,5-8H2,1-4H3. The molecule has 116 valence electrons. The Kier molecular flexibility index (Phi) is 3.36. The van der Waals surface area contributed by atoms with Gasteiger partial charge in [-0.15, -0.1) is 0 Å². The van der Waals surface area contributed by atoms with E-state index in [2.05, 4.69) is 31.2 Å². The monoisotopic (exact) mass is 309 g/mol. The number of aromatic nitrogens is 2. The fraction of sp³-hybridized carbons (Fsp3) is 0.750. The lowest BCUT2D eigenvalue weighted by Crippen LogP contribution is -2.46. The lowest BCUT2D eigenvalue weighted by molar-refractivity contribution is 0.155. The molecule has 21 heavy (non-hydrogen) atoms. The van der Waals surface area contributed by atoms with Gasteiger partial charge < -0.3 is 5.32 Å². The molecule has 5 heteroatoms.